The fourth-order valence-corrected chi connectivity index (χ4v) is 3.46. The van der Waals surface area contributed by atoms with Crippen LogP contribution in [0.3, 0.4) is 0 Å². The Morgan fingerprint density at radius 3 is 2.68 bits per heavy atom. The van der Waals surface area contributed by atoms with Gasteiger partial charge in [-0.25, -0.2) is 4.79 Å². The number of hydrogen-bond donors (Lipinski definition) is 1. The lowest BCUT2D eigenvalue weighted by molar-refractivity contribution is -0.117. The Kier molecular flexibility index (Phi) is 5.69. The van der Waals surface area contributed by atoms with Gasteiger partial charge in [0.15, 0.2) is 0 Å². The van der Waals surface area contributed by atoms with Crippen LogP contribution >= 0.6 is 0 Å². The lowest BCUT2D eigenvalue weighted by Gasteiger charge is -2.40. The highest BCUT2D eigenvalue weighted by Crippen LogP contribution is 2.39. The van der Waals surface area contributed by atoms with Gasteiger partial charge in [0.2, 0.25) is 5.91 Å². The van der Waals surface area contributed by atoms with Gasteiger partial charge < -0.3 is 14.7 Å². The van der Waals surface area contributed by atoms with Gasteiger partial charge in [-0.2, -0.15) is 5.10 Å². The molecule has 1 aliphatic heterocycles. The van der Waals surface area contributed by atoms with Crippen LogP contribution < -0.4 is 9.80 Å². The summed E-state index contributed by atoms with van der Waals surface area (Å²) in [6.45, 7) is 7.81. The molecule has 2 aromatic rings. The summed E-state index contributed by atoms with van der Waals surface area (Å²) in [4.78, 5) is 28.2. The van der Waals surface area contributed by atoms with Crippen LogP contribution in [0.15, 0.2) is 30.6 Å². The van der Waals surface area contributed by atoms with Crippen molar-refractivity contribution < 1.29 is 19.4 Å². The zero-order valence-electron chi connectivity index (χ0n) is 16.6. The quantitative estimate of drug-likeness (QED) is 0.873. The summed E-state index contributed by atoms with van der Waals surface area (Å²) in [5.41, 5.74) is 3.04. The number of aliphatic hydroxyl groups is 1. The third-order valence-electron chi connectivity index (χ3n) is 4.61. The second kappa shape index (κ2) is 8.02. The van der Waals surface area contributed by atoms with E-state index in [9.17, 15) is 9.59 Å². The Morgan fingerprint density at radius 1 is 1.29 bits per heavy atom. The van der Waals surface area contributed by atoms with Crippen molar-refractivity contribution in [3.63, 3.8) is 0 Å². The molecule has 2 heterocycles. The minimum atomic E-state index is -0.431. The van der Waals surface area contributed by atoms with E-state index in [1.54, 1.807) is 34.5 Å². The molecule has 2 amide bonds. The van der Waals surface area contributed by atoms with Crippen LogP contribution in [0.4, 0.5) is 16.2 Å². The first kappa shape index (κ1) is 19.9. The number of amides is 2. The fourth-order valence-electron chi connectivity index (χ4n) is 3.46. The number of anilines is 2. The summed E-state index contributed by atoms with van der Waals surface area (Å²) in [7, 11) is 0. The number of hydrogen-bond acceptors (Lipinski definition) is 5. The van der Waals surface area contributed by atoms with Gasteiger partial charge in [0, 0.05) is 25.2 Å². The summed E-state index contributed by atoms with van der Waals surface area (Å²) in [5, 5.41) is 13.3. The zero-order chi connectivity index (χ0) is 20.4. The van der Waals surface area contributed by atoms with Crippen molar-refractivity contribution in [2.75, 3.05) is 23.0 Å². The Morgan fingerprint density at radius 2 is 2.04 bits per heavy atom. The third-order valence-corrected chi connectivity index (χ3v) is 4.61. The number of carbonyl (C=O) groups excluding carboxylic acids is 2. The van der Waals surface area contributed by atoms with Gasteiger partial charge in [0.05, 0.1) is 42.9 Å². The first-order chi connectivity index (χ1) is 13.3. The molecule has 1 unspecified atom stereocenters. The fraction of sp³-hybridized carbons (Fsp3) is 0.450. The van der Waals surface area contributed by atoms with E-state index in [1.165, 1.54) is 6.92 Å². The van der Waals surface area contributed by atoms with Crippen LogP contribution in [0.1, 0.15) is 27.7 Å². The second-order valence-corrected chi connectivity index (χ2v) is 7.20. The van der Waals surface area contributed by atoms with Crippen molar-refractivity contribution in [2.45, 2.75) is 46.4 Å². The number of rotatable bonds is 4. The van der Waals surface area contributed by atoms with Crippen LogP contribution in [0.2, 0.25) is 0 Å². The van der Waals surface area contributed by atoms with Crippen LogP contribution in [0, 0.1) is 0 Å². The van der Waals surface area contributed by atoms with Gasteiger partial charge in [-0.3, -0.25) is 14.4 Å². The smallest absolute Gasteiger partial charge is 0.414 e. The molecule has 8 nitrogen and oxygen atoms in total. The number of benzene rings is 1. The number of ether oxygens (including phenoxy) is 1. The van der Waals surface area contributed by atoms with Crippen molar-refractivity contribution in [1.82, 2.24) is 9.78 Å². The SMILES string of the molecule is CC(=O)N1c2ccc(-c3cnn(CCO)c3)cc2N(C(=O)OC(C)C)CC1C. The minimum absolute atomic E-state index is 0.00554. The average Bonchev–Trinajstić information content (AvgIpc) is 3.08. The van der Waals surface area contributed by atoms with Crippen LogP contribution in [0.25, 0.3) is 11.1 Å². The summed E-state index contributed by atoms with van der Waals surface area (Å²) < 4.78 is 7.07. The van der Waals surface area contributed by atoms with E-state index < -0.39 is 6.09 Å². The molecule has 0 bridgehead atoms. The highest BCUT2D eigenvalue weighted by Gasteiger charge is 2.34. The zero-order valence-corrected chi connectivity index (χ0v) is 16.6. The monoisotopic (exact) mass is 386 g/mol. The third kappa shape index (κ3) is 3.87. The molecule has 150 valence electrons. The van der Waals surface area contributed by atoms with Crippen LogP contribution in [0.5, 0.6) is 0 Å². The maximum absolute atomic E-state index is 12.7. The lowest BCUT2D eigenvalue weighted by atomic mass is 10.0. The number of fused-ring (bicyclic) bond motifs is 1. The normalized spacial score (nSPS) is 16.3. The van der Waals surface area contributed by atoms with E-state index in [4.69, 9.17) is 9.84 Å². The number of aliphatic hydroxyl groups excluding tert-OH is 1. The Labute approximate surface area is 164 Å². The van der Waals surface area contributed by atoms with Gasteiger partial charge in [-0.05, 0) is 38.5 Å². The summed E-state index contributed by atoms with van der Waals surface area (Å²) in [6.07, 6.45) is 2.88. The molecule has 3 rings (SSSR count). The molecule has 1 aromatic heterocycles. The summed E-state index contributed by atoms with van der Waals surface area (Å²) in [5.74, 6) is -0.0749. The molecule has 0 fully saturated rings. The largest absolute Gasteiger partial charge is 0.446 e. The number of nitrogens with zero attached hydrogens (tertiary/aromatic N) is 4. The van der Waals surface area contributed by atoms with E-state index in [2.05, 4.69) is 5.10 Å². The summed E-state index contributed by atoms with van der Waals surface area (Å²) in [6, 6.07) is 5.46. The molecule has 8 heteroatoms. The molecule has 28 heavy (non-hydrogen) atoms. The van der Waals surface area contributed by atoms with Crippen molar-refractivity contribution in [2.24, 2.45) is 0 Å². The molecule has 1 aliphatic rings. The Balaban J connectivity index is 2.05. The Hall–Kier alpha value is -2.87. The van der Waals surface area contributed by atoms with E-state index in [1.807, 2.05) is 31.3 Å². The molecule has 0 aliphatic carbocycles. The van der Waals surface area contributed by atoms with E-state index in [0.717, 1.165) is 11.1 Å². The lowest BCUT2D eigenvalue weighted by Crippen LogP contribution is -2.51. The molecular weight excluding hydrogens is 360 g/mol. The molecule has 0 saturated carbocycles. The van der Waals surface area contributed by atoms with Gasteiger partial charge in [0.1, 0.15) is 0 Å². The Bertz CT molecular complexity index is 877. The van der Waals surface area contributed by atoms with Crippen LogP contribution in [-0.2, 0) is 16.1 Å². The van der Waals surface area contributed by atoms with Crippen LogP contribution in [-0.4, -0.2) is 52.2 Å². The minimum Gasteiger partial charge on any atom is -0.446 e. The molecular formula is C20H26N4O4. The van der Waals surface area contributed by atoms with Gasteiger partial charge in [0.25, 0.3) is 0 Å². The van der Waals surface area contributed by atoms with Gasteiger partial charge in [-0.1, -0.05) is 6.07 Å². The van der Waals surface area contributed by atoms with E-state index in [0.29, 0.717) is 24.5 Å². The highest BCUT2D eigenvalue weighted by molar-refractivity contribution is 6.03. The first-order valence-corrected chi connectivity index (χ1v) is 9.37. The topological polar surface area (TPSA) is 87.9 Å². The molecule has 0 saturated heterocycles. The van der Waals surface area contributed by atoms with Crippen molar-refractivity contribution in [3.05, 3.63) is 30.6 Å². The molecule has 1 aromatic carbocycles. The maximum Gasteiger partial charge on any atom is 0.414 e. The standard InChI is InChI=1S/C20H26N4O4/c1-13(2)28-20(27)23-11-14(3)24(15(4)26)18-6-5-16(9-19(18)23)17-10-21-22(12-17)7-8-25/h5-6,9-10,12-14,25H,7-8,11H2,1-4H3. The molecule has 1 N–H and O–H groups in total. The predicted octanol–water partition coefficient (Wildman–Crippen LogP) is 2.65. The molecule has 0 spiro atoms. The van der Waals surface area contributed by atoms with Crippen molar-refractivity contribution >= 4 is 23.4 Å². The molecule has 1 atom stereocenters. The van der Waals surface area contributed by atoms with Gasteiger partial charge in [-0.15, -0.1) is 0 Å². The maximum atomic E-state index is 12.7. The van der Waals surface area contributed by atoms with E-state index >= 15 is 0 Å². The van der Waals surface area contributed by atoms with Crippen molar-refractivity contribution in [3.8, 4) is 11.1 Å². The summed E-state index contributed by atoms with van der Waals surface area (Å²) >= 11 is 0. The second-order valence-electron chi connectivity index (χ2n) is 7.20. The first-order valence-electron chi connectivity index (χ1n) is 9.37. The van der Waals surface area contributed by atoms with Crippen molar-refractivity contribution in [1.29, 1.82) is 0 Å². The van der Waals surface area contributed by atoms with Gasteiger partial charge >= 0.3 is 6.09 Å². The van der Waals surface area contributed by atoms with E-state index in [-0.39, 0.29) is 24.7 Å². The molecule has 0 radical (unpaired) electrons. The predicted molar refractivity (Wildman–Crippen MR) is 106 cm³/mol. The number of aromatic nitrogens is 2. The highest BCUT2D eigenvalue weighted by atomic mass is 16.6. The number of carbonyl (C=O) groups is 2. The average molecular weight is 386 g/mol.